The van der Waals surface area contributed by atoms with E-state index in [2.05, 4.69) is 19.1 Å². The lowest BCUT2D eigenvalue weighted by Gasteiger charge is -2.36. The zero-order valence-corrected chi connectivity index (χ0v) is 10.5. The molecule has 0 heterocycles. The summed E-state index contributed by atoms with van der Waals surface area (Å²) in [7, 11) is 1.70. The average molecular weight is 230 g/mol. The van der Waals surface area contributed by atoms with Gasteiger partial charge >= 0.3 is 0 Å². The third-order valence-corrected chi connectivity index (χ3v) is 4.71. The number of Topliss-reactive ketones (excluding diaryl/α,β-unsaturated/α-hetero) is 1. The number of ether oxygens (including phenoxy) is 1. The number of benzene rings is 1. The molecule has 1 aromatic carbocycles. The minimum atomic E-state index is -0.0956. The van der Waals surface area contributed by atoms with Crippen LogP contribution in [0.4, 0.5) is 0 Å². The molecule has 2 heteroatoms. The van der Waals surface area contributed by atoms with E-state index in [0.29, 0.717) is 11.7 Å². The number of ketones is 1. The Morgan fingerprint density at radius 3 is 2.94 bits per heavy atom. The Morgan fingerprint density at radius 1 is 1.35 bits per heavy atom. The van der Waals surface area contributed by atoms with Crippen LogP contribution in [-0.4, -0.2) is 12.9 Å². The Kier molecular flexibility index (Phi) is 2.29. The maximum absolute atomic E-state index is 12.0. The second-order valence-electron chi connectivity index (χ2n) is 5.50. The Hall–Kier alpha value is -1.31. The monoisotopic (exact) mass is 230 g/mol. The Balaban J connectivity index is 2.06. The van der Waals surface area contributed by atoms with Crippen molar-refractivity contribution in [3.63, 3.8) is 0 Å². The summed E-state index contributed by atoms with van der Waals surface area (Å²) in [6.45, 7) is 2.15. The topological polar surface area (TPSA) is 26.3 Å². The number of methoxy groups -OCH3 is 1. The summed E-state index contributed by atoms with van der Waals surface area (Å²) in [5, 5.41) is 0. The summed E-state index contributed by atoms with van der Waals surface area (Å²) in [5.41, 5.74) is 2.66. The van der Waals surface area contributed by atoms with Gasteiger partial charge < -0.3 is 4.74 Å². The third kappa shape index (κ3) is 1.43. The summed E-state index contributed by atoms with van der Waals surface area (Å²) in [6, 6.07) is 6.32. The Labute approximate surface area is 102 Å². The molecular weight excluding hydrogens is 212 g/mol. The van der Waals surface area contributed by atoms with Crippen molar-refractivity contribution >= 4 is 5.78 Å². The molecule has 2 aliphatic carbocycles. The normalized spacial score (nSPS) is 30.9. The van der Waals surface area contributed by atoms with Crippen molar-refractivity contribution in [3.8, 4) is 5.75 Å². The van der Waals surface area contributed by atoms with Gasteiger partial charge in [-0.2, -0.15) is 0 Å². The number of hydrogen-bond acceptors (Lipinski definition) is 2. The first-order valence-corrected chi connectivity index (χ1v) is 6.35. The summed E-state index contributed by atoms with van der Waals surface area (Å²) >= 11 is 0. The highest BCUT2D eigenvalue weighted by Gasteiger charge is 2.48. The minimum absolute atomic E-state index is 0.0956. The highest BCUT2D eigenvalue weighted by molar-refractivity contribution is 5.88. The summed E-state index contributed by atoms with van der Waals surface area (Å²) in [6.07, 6.45) is 3.78. The molecule has 1 saturated carbocycles. The SMILES string of the molecule is COc1ccc2c(c1)CC[C@]1(C)C(=O)CC[C@@H]21. The fourth-order valence-electron chi connectivity index (χ4n) is 3.55. The number of rotatable bonds is 1. The van der Waals surface area contributed by atoms with Crippen molar-refractivity contribution in [1.29, 1.82) is 0 Å². The molecule has 0 saturated heterocycles. The van der Waals surface area contributed by atoms with Gasteiger partial charge in [-0.15, -0.1) is 0 Å². The van der Waals surface area contributed by atoms with Crippen LogP contribution >= 0.6 is 0 Å². The molecule has 0 aromatic heterocycles. The maximum Gasteiger partial charge on any atom is 0.139 e. The average Bonchev–Trinajstić information content (AvgIpc) is 2.65. The van der Waals surface area contributed by atoms with Crippen LogP contribution in [0, 0.1) is 5.41 Å². The number of fused-ring (bicyclic) bond motifs is 3. The molecule has 0 radical (unpaired) electrons. The lowest BCUT2D eigenvalue weighted by molar-refractivity contribution is -0.126. The van der Waals surface area contributed by atoms with E-state index in [0.717, 1.165) is 31.4 Å². The standard InChI is InChI=1S/C15H18O2/c1-15-8-7-10-9-11(17-2)3-4-12(10)13(15)5-6-14(15)16/h3-4,9,13H,5-8H2,1-2H3/t13-,15-/m0/s1. The molecule has 0 amide bonds. The molecule has 0 N–H and O–H groups in total. The van der Waals surface area contributed by atoms with Crippen molar-refractivity contribution in [2.24, 2.45) is 5.41 Å². The highest BCUT2D eigenvalue weighted by atomic mass is 16.5. The summed E-state index contributed by atoms with van der Waals surface area (Å²) < 4.78 is 5.27. The van der Waals surface area contributed by atoms with Gasteiger partial charge in [-0.3, -0.25) is 4.79 Å². The second kappa shape index (κ2) is 3.59. The number of carbonyl (C=O) groups excluding carboxylic acids is 1. The number of carbonyl (C=O) groups is 1. The van der Waals surface area contributed by atoms with Crippen molar-refractivity contribution in [2.45, 2.75) is 38.5 Å². The molecule has 2 aliphatic rings. The van der Waals surface area contributed by atoms with Crippen molar-refractivity contribution in [1.82, 2.24) is 0 Å². The van der Waals surface area contributed by atoms with Gasteiger partial charge in [-0.1, -0.05) is 13.0 Å². The fourth-order valence-corrected chi connectivity index (χ4v) is 3.55. The van der Waals surface area contributed by atoms with Crippen molar-refractivity contribution in [2.75, 3.05) is 7.11 Å². The molecule has 2 nitrogen and oxygen atoms in total. The van der Waals surface area contributed by atoms with Crippen LogP contribution in [0.2, 0.25) is 0 Å². The summed E-state index contributed by atoms with van der Waals surface area (Å²) in [4.78, 5) is 12.0. The zero-order chi connectivity index (χ0) is 12.0. The molecule has 0 aliphatic heterocycles. The van der Waals surface area contributed by atoms with Gasteiger partial charge in [-0.05, 0) is 48.4 Å². The lowest BCUT2D eigenvalue weighted by atomic mass is 9.66. The maximum atomic E-state index is 12.0. The van der Waals surface area contributed by atoms with Gasteiger partial charge in [0.2, 0.25) is 0 Å². The molecule has 17 heavy (non-hydrogen) atoms. The van der Waals surface area contributed by atoms with Crippen LogP contribution in [0.5, 0.6) is 5.75 Å². The minimum Gasteiger partial charge on any atom is -0.497 e. The Morgan fingerprint density at radius 2 is 2.18 bits per heavy atom. The van der Waals surface area contributed by atoms with E-state index in [9.17, 15) is 4.79 Å². The highest BCUT2D eigenvalue weighted by Crippen LogP contribution is 2.53. The zero-order valence-electron chi connectivity index (χ0n) is 10.5. The van der Waals surface area contributed by atoms with Gasteiger partial charge in [0.05, 0.1) is 7.11 Å². The molecule has 2 atom stereocenters. The third-order valence-electron chi connectivity index (χ3n) is 4.71. The molecule has 0 unspecified atom stereocenters. The van der Waals surface area contributed by atoms with Crippen LogP contribution in [0.15, 0.2) is 18.2 Å². The van der Waals surface area contributed by atoms with Crippen molar-refractivity contribution in [3.05, 3.63) is 29.3 Å². The van der Waals surface area contributed by atoms with Crippen LogP contribution in [-0.2, 0) is 11.2 Å². The van der Waals surface area contributed by atoms with E-state index in [1.807, 2.05) is 6.07 Å². The first-order chi connectivity index (χ1) is 8.15. The predicted octanol–water partition coefficient (Wildman–Crippen LogP) is 3.09. The fraction of sp³-hybridized carbons (Fsp3) is 0.533. The van der Waals surface area contributed by atoms with Gasteiger partial charge in [0, 0.05) is 11.8 Å². The largest absolute Gasteiger partial charge is 0.497 e. The first-order valence-electron chi connectivity index (χ1n) is 6.35. The van der Waals surface area contributed by atoms with Crippen LogP contribution in [0.1, 0.15) is 43.2 Å². The molecule has 0 spiro atoms. The van der Waals surface area contributed by atoms with Crippen LogP contribution in [0.25, 0.3) is 0 Å². The van der Waals surface area contributed by atoms with E-state index >= 15 is 0 Å². The van der Waals surface area contributed by atoms with Gasteiger partial charge in [0.15, 0.2) is 0 Å². The van der Waals surface area contributed by atoms with Crippen molar-refractivity contribution < 1.29 is 9.53 Å². The predicted molar refractivity (Wildman–Crippen MR) is 66.4 cm³/mol. The molecule has 0 bridgehead atoms. The molecule has 1 fully saturated rings. The molecule has 1 aromatic rings. The molecule has 3 rings (SSSR count). The van der Waals surface area contributed by atoms with E-state index in [4.69, 9.17) is 4.74 Å². The van der Waals surface area contributed by atoms with Gasteiger partial charge in [-0.25, -0.2) is 0 Å². The van der Waals surface area contributed by atoms with Gasteiger partial charge in [0.25, 0.3) is 0 Å². The Bertz CT molecular complexity index is 478. The van der Waals surface area contributed by atoms with Crippen LogP contribution < -0.4 is 4.74 Å². The number of hydrogen-bond donors (Lipinski definition) is 0. The second-order valence-corrected chi connectivity index (χ2v) is 5.50. The summed E-state index contributed by atoms with van der Waals surface area (Å²) in [5.74, 6) is 1.82. The van der Waals surface area contributed by atoms with E-state index in [-0.39, 0.29) is 5.41 Å². The van der Waals surface area contributed by atoms with E-state index in [1.165, 1.54) is 11.1 Å². The smallest absolute Gasteiger partial charge is 0.139 e. The van der Waals surface area contributed by atoms with E-state index < -0.39 is 0 Å². The first kappa shape index (κ1) is 10.8. The van der Waals surface area contributed by atoms with Gasteiger partial charge in [0.1, 0.15) is 11.5 Å². The lowest BCUT2D eigenvalue weighted by Crippen LogP contribution is -2.32. The molecular formula is C15H18O2. The van der Waals surface area contributed by atoms with Crippen LogP contribution in [0.3, 0.4) is 0 Å². The number of aryl methyl sites for hydroxylation is 1. The van der Waals surface area contributed by atoms with E-state index in [1.54, 1.807) is 7.11 Å². The molecule has 90 valence electrons. The quantitative estimate of drug-likeness (QED) is 0.741.